The maximum atomic E-state index is 12.9. The zero-order valence-electron chi connectivity index (χ0n) is 7.28. The summed E-state index contributed by atoms with van der Waals surface area (Å²) in [5.74, 6) is -11.2. The molecule has 15 heavy (non-hydrogen) atoms. The van der Waals surface area contributed by atoms with Gasteiger partial charge in [0, 0.05) is 0 Å². The fourth-order valence-electron chi connectivity index (χ4n) is 0.979. The summed E-state index contributed by atoms with van der Waals surface area (Å²) < 4.78 is 55.6. The molecule has 0 saturated heterocycles. The molecule has 7 heteroatoms. The first-order chi connectivity index (χ1) is 6.91. The molecule has 0 heterocycles. The molecule has 0 amide bonds. The lowest BCUT2D eigenvalue weighted by atomic mass is 10.1. The highest BCUT2D eigenvalue weighted by Crippen LogP contribution is 2.29. The van der Waals surface area contributed by atoms with Crippen molar-refractivity contribution in [3.05, 3.63) is 28.8 Å². The number of carboxylic acids is 1. The topological polar surface area (TPSA) is 46.5 Å². The third kappa shape index (κ3) is 1.60. The number of methoxy groups -OCH3 is 1. The molecule has 82 valence electrons. The number of hydrogen-bond donors (Lipinski definition) is 1. The predicted molar refractivity (Wildman–Crippen MR) is 39.8 cm³/mol. The standard InChI is InChI=1S/C8H4F4O3/c1-15-7-5(11)3(9)2(8(13)14)4(10)6(7)12/h1H3,(H,13,14). The lowest BCUT2D eigenvalue weighted by Crippen LogP contribution is -2.11. The molecule has 0 atom stereocenters. The van der Waals surface area contributed by atoms with Crippen molar-refractivity contribution in [3.63, 3.8) is 0 Å². The van der Waals surface area contributed by atoms with Gasteiger partial charge in [-0.15, -0.1) is 0 Å². The summed E-state index contributed by atoms with van der Waals surface area (Å²) in [6.07, 6.45) is 0. The Bertz CT molecular complexity index is 401. The van der Waals surface area contributed by atoms with Crippen LogP contribution < -0.4 is 4.74 Å². The highest BCUT2D eigenvalue weighted by atomic mass is 19.2. The highest BCUT2D eigenvalue weighted by Gasteiger charge is 2.29. The van der Waals surface area contributed by atoms with Crippen molar-refractivity contribution in [2.24, 2.45) is 0 Å². The van der Waals surface area contributed by atoms with Crippen molar-refractivity contribution in [2.45, 2.75) is 0 Å². The number of benzene rings is 1. The molecule has 0 fully saturated rings. The summed E-state index contributed by atoms with van der Waals surface area (Å²) in [7, 11) is 0.792. The van der Waals surface area contributed by atoms with Crippen molar-refractivity contribution in [1.82, 2.24) is 0 Å². The number of aromatic carboxylic acids is 1. The van der Waals surface area contributed by atoms with Gasteiger partial charge in [0.25, 0.3) is 0 Å². The molecule has 0 aliphatic carbocycles. The number of ether oxygens (including phenoxy) is 1. The van der Waals surface area contributed by atoms with E-state index in [9.17, 15) is 22.4 Å². The van der Waals surface area contributed by atoms with Crippen LogP contribution >= 0.6 is 0 Å². The molecule has 1 aromatic carbocycles. The van der Waals surface area contributed by atoms with Gasteiger partial charge in [-0.1, -0.05) is 0 Å². The zero-order chi connectivity index (χ0) is 11.7. The van der Waals surface area contributed by atoms with Crippen molar-refractivity contribution in [3.8, 4) is 5.75 Å². The molecular weight excluding hydrogens is 220 g/mol. The molecule has 0 unspecified atom stereocenters. The average molecular weight is 224 g/mol. The minimum absolute atomic E-state index is 0.792. The molecule has 1 N–H and O–H groups in total. The second kappa shape index (κ2) is 3.76. The van der Waals surface area contributed by atoms with Crippen molar-refractivity contribution in [2.75, 3.05) is 7.11 Å². The number of rotatable bonds is 2. The molecule has 3 nitrogen and oxygen atoms in total. The quantitative estimate of drug-likeness (QED) is 0.616. The molecular formula is C8H4F4O3. The molecule has 0 saturated carbocycles. The second-order valence-electron chi connectivity index (χ2n) is 2.47. The summed E-state index contributed by atoms with van der Waals surface area (Å²) in [6.45, 7) is 0. The number of carboxylic acid groups (broad SMARTS) is 1. The van der Waals surface area contributed by atoms with E-state index < -0.39 is 40.6 Å². The molecule has 0 bridgehead atoms. The van der Waals surface area contributed by atoms with Crippen molar-refractivity contribution < 1.29 is 32.2 Å². The molecule has 0 aromatic heterocycles. The Morgan fingerprint density at radius 3 is 1.73 bits per heavy atom. The molecule has 1 aromatic rings. The van der Waals surface area contributed by atoms with Crippen LogP contribution in [0.15, 0.2) is 0 Å². The van der Waals surface area contributed by atoms with Gasteiger partial charge in [0.15, 0.2) is 17.4 Å². The van der Waals surface area contributed by atoms with E-state index in [1.165, 1.54) is 0 Å². The van der Waals surface area contributed by atoms with E-state index >= 15 is 0 Å². The second-order valence-corrected chi connectivity index (χ2v) is 2.47. The lowest BCUT2D eigenvalue weighted by molar-refractivity contribution is 0.0683. The first kappa shape index (κ1) is 11.3. The van der Waals surface area contributed by atoms with Crippen LogP contribution in [0.2, 0.25) is 0 Å². The number of carbonyl (C=O) groups is 1. The van der Waals surface area contributed by atoms with Gasteiger partial charge in [0.1, 0.15) is 5.56 Å². The van der Waals surface area contributed by atoms with Crippen LogP contribution in [0.3, 0.4) is 0 Å². The number of halogens is 4. The Hall–Kier alpha value is -1.79. The van der Waals surface area contributed by atoms with Gasteiger partial charge in [0.05, 0.1) is 7.11 Å². The maximum absolute atomic E-state index is 12.9. The first-order valence-electron chi connectivity index (χ1n) is 3.55. The lowest BCUT2D eigenvalue weighted by Gasteiger charge is -2.07. The molecule has 1 rings (SSSR count). The van der Waals surface area contributed by atoms with E-state index in [0.717, 1.165) is 7.11 Å². The monoisotopic (exact) mass is 224 g/mol. The normalized spacial score (nSPS) is 10.2. The summed E-state index contributed by atoms with van der Waals surface area (Å²) in [6, 6.07) is 0. The van der Waals surface area contributed by atoms with Gasteiger partial charge >= 0.3 is 5.97 Å². The fourth-order valence-corrected chi connectivity index (χ4v) is 0.979. The van der Waals surface area contributed by atoms with E-state index in [0.29, 0.717) is 0 Å². The van der Waals surface area contributed by atoms with E-state index in [4.69, 9.17) is 5.11 Å². The van der Waals surface area contributed by atoms with Gasteiger partial charge in [-0.05, 0) is 0 Å². The van der Waals surface area contributed by atoms with Crippen LogP contribution in [0.1, 0.15) is 10.4 Å². The Morgan fingerprint density at radius 1 is 1.07 bits per heavy atom. The van der Waals surface area contributed by atoms with E-state index in [1.807, 2.05) is 0 Å². The van der Waals surface area contributed by atoms with Gasteiger partial charge < -0.3 is 9.84 Å². The Balaban J connectivity index is 3.66. The minimum atomic E-state index is -2.11. The summed E-state index contributed by atoms with van der Waals surface area (Å²) in [5.41, 5.74) is -1.69. The van der Waals surface area contributed by atoms with Gasteiger partial charge in [-0.25, -0.2) is 13.6 Å². The summed E-state index contributed by atoms with van der Waals surface area (Å²) in [4.78, 5) is 10.3. The van der Waals surface area contributed by atoms with Crippen LogP contribution in [0.5, 0.6) is 5.75 Å². The maximum Gasteiger partial charge on any atom is 0.341 e. The molecule has 0 radical (unpaired) electrons. The van der Waals surface area contributed by atoms with Crippen molar-refractivity contribution >= 4 is 5.97 Å². The van der Waals surface area contributed by atoms with Gasteiger partial charge in [0.2, 0.25) is 11.6 Å². The third-order valence-corrected chi connectivity index (χ3v) is 1.64. The Kier molecular flexibility index (Phi) is 2.83. The van der Waals surface area contributed by atoms with E-state index in [2.05, 4.69) is 4.74 Å². The van der Waals surface area contributed by atoms with Crippen LogP contribution in [-0.4, -0.2) is 18.2 Å². The third-order valence-electron chi connectivity index (χ3n) is 1.64. The van der Waals surface area contributed by atoms with Crippen LogP contribution in [0, 0.1) is 23.3 Å². The minimum Gasteiger partial charge on any atom is -0.491 e. The molecule has 0 aliphatic rings. The first-order valence-corrected chi connectivity index (χ1v) is 3.55. The smallest absolute Gasteiger partial charge is 0.341 e. The SMILES string of the molecule is COc1c(F)c(F)c(C(=O)O)c(F)c1F. The Morgan fingerprint density at radius 2 is 1.47 bits per heavy atom. The van der Waals surface area contributed by atoms with Gasteiger partial charge in [-0.3, -0.25) is 0 Å². The highest BCUT2D eigenvalue weighted by molar-refractivity contribution is 5.88. The largest absolute Gasteiger partial charge is 0.491 e. The zero-order valence-corrected chi connectivity index (χ0v) is 7.28. The van der Waals surface area contributed by atoms with Gasteiger partial charge in [-0.2, -0.15) is 8.78 Å². The predicted octanol–water partition coefficient (Wildman–Crippen LogP) is 1.95. The summed E-state index contributed by atoms with van der Waals surface area (Å²) >= 11 is 0. The average Bonchev–Trinajstić information content (AvgIpc) is 2.16. The Labute approximate surface area is 80.9 Å². The van der Waals surface area contributed by atoms with Crippen molar-refractivity contribution in [1.29, 1.82) is 0 Å². The van der Waals surface area contributed by atoms with E-state index in [-0.39, 0.29) is 0 Å². The van der Waals surface area contributed by atoms with Crippen LogP contribution in [0.25, 0.3) is 0 Å². The molecule has 0 aliphatic heterocycles. The summed E-state index contributed by atoms with van der Waals surface area (Å²) in [5, 5.41) is 8.30. The number of hydrogen-bond acceptors (Lipinski definition) is 2. The molecule has 0 spiro atoms. The fraction of sp³-hybridized carbons (Fsp3) is 0.125. The van der Waals surface area contributed by atoms with Crippen LogP contribution in [0.4, 0.5) is 17.6 Å². The van der Waals surface area contributed by atoms with E-state index in [1.54, 1.807) is 0 Å². The van der Waals surface area contributed by atoms with Crippen LogP contribution in [-0.2, 0) is 0 Å².